The molecule has 0 heterocycles. The first-order chi connectivity index (χ1) is 8.93. The Morgan fingerprint density at radius 3 is 2.32 bits per heavy atom. The summed E-state index contributed by atoms with van der Waals surface area (Å²) in [5.74, 6) is -0.766. The second-order valence-corrected chi connectivity index (χ2v) is 5.23. The van der Waals surface area contributed by atoms with Crippen molar-refractivity contribution in [2.75, 3.05) is 20.1 Å². The number of carbonyl (C=O) groups excluding carboxylic acids is 1. The van der Waals surface area contributed by atoms with Crippen molar-refractivity contribution in [3.05, 3.63) is 0 Å². The van der Waals surface area contributed by atoms with Crippen LogP contribution in [0.2, 0.25) is 0 Å². The van der Waals surface area contributed by atoms with Gasteiger partial charge in [-0.3, -0.25) is 9.59 Å². The monoisotopic (exact) mass is 272 g/mol. The molecule has 0 aromatic heterocycles. The molecule has 5 heteroatoms. The van der Waals surface area contributed by atoms with Gasteiger partial charge in [-0.05, 0) is 53.1 Å². The standard InChI is InChI=1S/C14H28N2O3/c1-12(2)16(3)11-7-6-10-15-13(17)8-4-5-9-14(18)19/h12H,4-11H2,1-3H3,(H,15,17)(H,18,19). The average Bonchev–Trinajstić information content (AvgIpc) is 2.33. The number of nitrogens with one attached hydrogen (secondary N) is 1. The number of aliphatic carboxylic acids is 1. The summed E-state index contributed by atoms with van der Waals surface area (Å²) < 4.78 is 0. The van der Waals surface area contributed by atoms with Crippen LogP contribution in [-0.2, 0) is 9.59 Å². The molecule has 0 bridgehead atoms. The summed E-state index contributed by atoms with van der Waals surface area (Å²) >= 11 is 0. The van der Waals surface area contributed by atoms with Crippen LogP contribution in [0.1, 0.15) is 52.4 Å². The summed E-state index contributed by atoms with van der Waals surface area (Å²) in [7, 11) is 2.10. The van der Waals surface area contributed by atoms with Gasteiger partial charge in [-0.25, -0.2) is 0 Å². The number of nitrogens with zero attached hydrogens (tertiary/aromatic N) is 1. The molecule has 5 nitrogen and oxygen atoms in total. The molecule has 0 spiro atoms. The molecule has 0 fully saturated rings. The number of carbonyl (C=O) groups is 2. The Balaban J connectivity index is 3.36. The van der Waals surface area contributed by atoms with E-state index >= 15 is 0 Å². The highest BCUT2D eigenvalue weighted by atomic mass is 16.4. The fraction of sp³-hybridized carbons (Fsp3) is 0.857. The smallest absolute Gasteiger partial charge is 0.303 e. The van der Waals surface area contributed by atoms with Gasteiger partial charge in [0.05, 0.1) is 0 Å². The Hall–Kier alpha value is -1.10. The molecule has 0 aromatic carbocycles. The Kier molecular flexibility index (Phi) is 10.2. The van der Waals surface area contributed by atoms with Crippen molar-refractivity contribution in [2.24, 2.45) is 0 Å². The van der Waals surface area contributed by atoms with E-state index in [2.05, 4.69) is 31.1 Å². The molecular weight excluding hydrogens is 244 g/mol. The third-order valence-corrected chi connectivity index (χ3v) is 3.19. The predicted octanol–water partition coefficient (Wildman–Crippen LogP) is 1.87. The lowest BCUT2D eigenvalue weighted by molar-refractivity contribution is -0.137. The summed E-state index contributed by atoms with van der Waals surface area (Å²) in [6, 6.07) is 0.559. The van der Waals surface area contributed by atoms with Crippen LogP contribution in [0.5, 0.6) is 0 Å². The Morgan fingerprint density at radius 1 is 1.11 bits per heavy atom. The number of carboxylic acids is 1. The van der Waals surface area contributed by atoms with Crippen molar-refractivity contribution in [2.45, 2.75) is 58.4 Å². The van der Waals surface area contributed by atoms with E-state index in [0.29, 0.717) is 31.8 Å². The van der Waals surface area contributed by atoms with Gasteiger partial charge in [0.2, 0.25) is 5.91 Å². The number of rotatable bonds is 11. The van der Waals surface area contributed by atoms with Gasteiger partial charge in [0.1, 0.15) is 0 Å². The van der Waals surface area contributed by atoms with Crippen molar-refractivity contribution in [1.82, 2.24) is 10.2 Å². The van der Waals surface area contributed by atoms with Crippen molar-refractivity contribution >= 4 is 11.9 Å². The lowest BCUT2D eigenvalue weighted by atomic mass is 10.2. The number of hydrogen-bond acceptors (Lipinski definition) is 3. The highest BCUT2D eigenvalue weighted by Crippen LogP contribution is 2.00. The molecule has 0 atom stereocenters. The second-order valence-electron chi connectivity index (χ2n) is 5.23. The molecule has 19 heavy (non-hydrogen) atoms. The number of unbranched alkanes of at least 4 members (excludes halogenated alkanes) is 2. The van der Waals surface area contributed by atoms with Crippen molar-refractivity contribution in [1.29, 1.82) is 0 Å². The zero-order valence-corrected chi connectivity index (χ0v) is 12.4. The second kappa shape index (κ2) is 10.8. The number of hydrogen-bond donors (Lipinski definition) is 2. The highest BCUT2D eigenvalue weighted by molar-refractivity contribution is 5.75. The molecule has 112 valence electrons. The zero-order valence-electron chi connectivity index (χ0n) is 12.4. The molecule has 0 aliphatic carbocycles. The van der Waals surface area contributed by atoms with Gasteiger partial charge >= 0.3 is 5.97 Å². The minimum absolute atomic E-state index is 0.0302. The van der Waals surface area contributed by atoms with Crippen molar-refractivity contribution < 1.29 is 14.7 Å². The quantitative estimate of drug-likeness (QED) is 0.563. The van der Waals surface area contributed by atoms with Crippen LogP contribution in [-0.4, -0.2) is 48.1 Å². The highest BCUT2D eigenvalue weighted by Gasteiger charge is 2.04. The predicted molar refractivity (Wildman–Crippen MR) is 76.1 cm³/mol. The molecule has 0 aromatic rings. The maximum absolute atomic E-state index is 11.4. The largest absolute Gasteiger partial charge is 0.481 e. The summed E-state index contributed by atoms with van der Waals surface area (Å²) in [6.07, 6.45) is 3.86. The molecule has 0 aliphatic heterocycles. The molecule has 1 amide bonds. The molecule has 0 unspecified atom stereocenters. The lowest BCUT2D eigenvalue weighted by Crippen LogP contribution is -2.28. The van der Waals surface area contributed by atoms with E-state index in [1.807, 2.05) is 0 Å². The van der Waals surface area contributed by atoms with Gasteiger partial charge in [0.25, 0.3) is 0 Å². The average molecular weight is 272 g/mol. The van der Waals surface area contributed by atoms with Crippen LogP contribution in [0, 0.1) is 0 Å². The SMILES string of the molecule is CC(C)N(C)CCCCNC(=O)CCCCC(=O)O. The summed E-state index contributed by atoms with van der Waals surface area (Å²) in [6.45, 7) is 6.09. The number of amides is 1. The van der Waals surface area contributed by atoms with E-state index in [9.17, 15) is 9.59 Å². The Bertz CT molecular complexity index is 267. The van der Waals surface area contributed by atoms with Crippen molar-refractivity contribution in [3.63, 3.8) is 0 Å². The Morgan fingerprint density at radius 2 is 1.74 bits per heavy atom. The normalized spacial score (nSPS) is 11.0. The first-order valence-corrected chi connectivity index (χ1v) is 7.12. The molecule has 2 N–H and O–H groups in total. The number of carboxylic acid groups (broad SMARTS) is 1. The molecule has 0 radical (unpaired) electrons. The molecular formula is C14H28N2O3. The minimum Gasteiger partial charge on any atom is -0.481 e. The summed E-state index contributed by atoms with van der Waals surface area (Å²) in [5.41, 5.74) is 0. The van der Waals surface area contributed by atoms with E-state index in [1.165, 1.54) is 0 Å². The van der Waals surface area contributed by atoms with E-state index in [1.54, 1.807) is 0 Å². The maximum Gasteiger partial charge on any atom is 0.303 e. The van der Waals surface area contributed by atoms with E-state index in [4.69, 9.17) is 5.11 Å². The van der Waals surface area contributed by atoms with Gasteiger partial charge < -0.3 is 15.3 Å². The van der Waals surface area contributed by atoms with Crippen LogP contribution < -0.4 is 5.32 Å². The fourth-order valence-corrected chi connectivity index (χ4v) is 1.62. The van der Waals surface area contributed by atoms with Crippen LogP contribution in [0.15, 0.2) is 0 Å². The Labute approximate surface area is 116 Å². The molecule has 0 saturated carbocycles. The van der Waals surface area contributed by atoms with Gasteiger partial charge in [-0.15, -0.1) is 0 Å². The van der Waals surface area contributed by atoms with E-state index in [0.717, 1.165) is 19.4 Å². The van der Waals surface area contributed by atoms with Gasteiger partial charge in [0, 0.05) is 25.4 Å². The fourth-order valence-electron chi connectivity index (χ4n) is 1.62. The van der Waals surface area contributed by atoms with Crippen molar-refractivity contribution in [3.8, 4) is 0 Å². The molecule has 0 saturated heterocycles. The van der Waals surface area contributed by atoms with Gasteiger partial charge in [0.15, 0.2) is 0 Å². The van der Waals surface area contributed by atoms with Gasteiger partial charge in [-0.1, -0.05) is 0 Å². The lowest BCUT2D eigenvalue weighted by Gasteiger charge is -2.20. The molecule has 0 rings (SSSR count). The summed E-state index contributed by atoms with van der Waals surface area (Å²) in [5, 5.41) is 11.3. The zero-order chi connectivity index (χ0) is 14.7. The third kappa shape index (κ3) is 11.7. The van der Waals surface area contributed by atoms with E-state index in [-0.39, 0.29) is 12.3 Å². The van der Waals surface area contributed by atoms with Crippen LogP contribution in [0.3, 0.4) is 0 Å². The van der Waals surface area contributed by atoms with Crippen LogP contribution in [0.4, 0.5) is 0 Å². The van der Waals surface area contributed by atoms with Crippen LogP contribution in [0.25, 0.3) is 0 Å². The molecule has 0 aliphatic rings. The minimum atomic E-state index is -0.797. The van der Waals surface area contributed by atoms with Gasteiger partial charge in [-0.2, -0.15) is 0 Å². The van der Waals surface area contributed by atoms with E-state index < -0.39 is 5.97 Å². The summed E-state index contributed by atoms with van der Waals surface area (Å²) in [4.78, 5) is 24.0. The topological polar surface area (TPSA) is 69.6 Å². The third-order valence-electron chi connectivity index (χ3n) is 3.19. The first-order valence-electron chi connectivity index (χ1n) is 7.12. The maximum atomic E-state index is 11.4. The van der Waals surface area contributed by atoms with Crippen LogP contribution >= 0.6 is 0 Å². The first kappa shape index (κ1) is 17.9.